The van der Waals surface area contributed by atoms with Gasteiger partial charge in [0.15, 0.2) is 0 Å². The predicted molar refractivity (Wildman–Crippen MR) is 47.2 cm³/mol. The minimum atomic E-state index is -1.72. The molecule has 1 aromatic rings. The molecule has 0 saturated heterocycles. The van der Waals surface area contributed by atoms with E-state index in [0.717, 1.165) is 3.07 Å². The second kappa shape index (κ2) is 4.95. The van der Waals surface area contributed by atoms with E-state index in [-0.39, 0.29) is 11.7 Å². The fraction of sp³-hybridized carbons (Fsp3) is 0.125. The molecule has 0 aliphatic rings. The summed E-state index contributed by atoms with van der Waals surface area (Å²) in [5.41, 5.74) is 0. The fourth-order valence-corrected chi connectivity index (χ4v) is 5.80. The Morgan fingerprint density at radius 1 is 1.62 bits per heavy atom. The number of benzene rings is 1. The number of halogens is 1. The molecule has 0 fully saturated rings. The zero-order valence-corrected chi connectivity index (χ0v) is 14.2. The molecule has 0 aliphatic heterocycles. The molecule has 0 bridgehead atoms. The summed E-state index contributed by atoms with van der Waals surface area (Å²) < 4.78 is 6.71. The zero-order valence-electron chi connectivity index (χ0n) is 7.08. The maximum atomic E-state index is 10.5. The van der Waals surface area contributed by atoms with Gasteiger partial charge in [0.2, 0.25) is 0 Å². The van der Waals surface area contributed by atoms with Crippen LogP contribution in [0.25, 0.3) is 0 Å². The molecule has 1 aromatic carbocycles. The van der Waals surface area contributed by atoms with Gasteiger partial charge < -0.3 is 0 Å². The minimum absolute atomic E-state index is 0.208. The first kappa shape index (κ1) is 11.0. The van der Waals surface area contributed by atoms with E-state index in [9.17, 15) is 9.90 Å². The first-order chi connectivity index (χ1) is 6.09. The van der Waals surface area contributed by atoms with E-state index < -0.39 is 25.0 Å². The molecule has 66 valence electrons. The fourth-order valence-electron chi connectivity index (χ4n) is 0.825. The number of phenolic OH excluding ortho intramolecular Hbond substituents is 1. The van der Waals surface area contributed by atoms with Crippen molar-refractivity contribution in [2.45, 2.75) is 6.92 Å². The van der Waals surface area contributed by atoms with Crippen molar-refractivity contribution in [1.82, 2.24) is 0 Å². The predicted octanol–water partition coefficient (Wildman–Crippen LogP) is 1.34. The van der Waals surface area contributed by atoms with Gasteiger partial charge in [0.05, 0.1) is 0 Å². The van der Waals surface area contributed by atoms with E-state index in [1.165, 1.54) is 6.92 Å². The normalized spacial score (nSPS) is 9.08. The molecular weight excluding hydrogens is 425 g/mol. The van der Waals surface area contributed by atoms with E-state index >= 15 is 0 Å². The Hall–Kier alpha value is -0.0949. The molecule has 1 rings (SSSR count). The van der Waals surface area contributed by atoms with Crippen LogP contribution in [-0.2, 0) is 32.5 Å². The first-order valence-corrected chi connectivity index (χ1v) is 9.49. The third-order valence-corrected chi connectivity index (χ3v) is 7.24. The Bertz CT molecular complexity index is 327. The summed E-state index contributed by atoms with van der Waals surface area (Å²) in [6, 6.07) is 5.20. The molecule has 3 nitrogen and oxygen atoms in total. The van der Waals surface area contributed by atoms with Crippen molar-refractivity contribution >= 4 is 25.0 Å². The summed E-state index contributed by atoms with van der Waals surface area (Å²) in [4.78, 5) is 10.5. The first-order valence-electron chi connectivity index (χ1n) is 3.70. The molecule has 0 atom stereocenters. The third-order valence-electron chi connectivity index (χ3n) is 1.45. The van der Waals surface area contributed by atoms with Crippen molar-refractivity contribution in [3.8, 4) is 5.75 Å². The summed E-state index contributed by atoms with van der Waals surface area (Å²) in [5, 5.41) is 9.19. The number of carbonyl (C=O) groups is 1. The molecule has 0 spiro atoms. The molecular formula is C8H7BrHgO3. The molecule has 1 N–H and O–H groups in total. The number of phenols is 1. The van der Waals surface area contributed by atoms with Gasteiger partial charge in [-0.05, 0) is 0 Å². The van der Waals surface area contributed by atoms with Crippen molar-refractivity contribution in [3.05, 3.63) is 22.7 Å². The van der Waals surface area contributed by atoms with Crippen LogP contribution < -0.4 is 3.07 Å². The standard InChI is InChI=1S/C6H4BrO.C2H4O2.Hg/c7-5-3-1-2-4-6(5)8;1-2(3)4;/h2-4,8H;1H3,(H,3,4);/q;;+1/p-1. The summed E-state index contributed by atoms with van der Waals surface area (Å²) in [5.74, 6) is -0.00848. The Morgan fingerprint density at radius 2 is 2.31 bits per heavy atom. The number of aromatic hydroxyl groups is 1. The second-order valence-electron chi connectivity index (χ2n) is 2.57. The molecule has 0 unspecified atom stereocenters. The topological polar surface area (TPSA) is 46.5 Å². The van der Waals surface area contributed by atoms with Gasteiger partial charge in [-0.1, -0.05) is 0 Å². The summed E-state index contributed by atoms with van der Waals surface area (Å²) in [7, 11) is 0. The van der Waals surface area contributed by atoms with Crippen LogP contribution in [0.1, 0.15) is 6.92 Å². The maximum absolute atomic E-state index is 10.5. The van der Waals surface area contributed by atoms with Crippen molar-refractivity contribution in [1.29, 1.82) is 0 Å². The van der Waals surface area contributed by atoms with Crippen LogP contribution in [-0.4, -0.2) is 11.1 Å². The van der Waals surface area contributed by atoms with Crippen molar-refractivity contribution in [2.75, 3.05) is 0 Å². The Morgan fingerprint density at radius 3 is 2.85 bits per heavy atom. The number of hydrogen-bond donors (Lipinski definition) is 1. The van der Waals surface area contributed by atoms with E-state index in [0.29, 0.717) is 4.47 Å². The zero-order chi connectivity index (χ0) is 9.84. The SMILES string of the molecule is CC(=O)[O][Hg][c]1ccc(O)c(Br)c1. The molecule has 0 saturated carbocycles. The summed E-state index contributed by atoms with van der Waals surface area (Å²) >= 11 is 1.48. The van der Waals surface area contributed by atoms with Crippen LogP contribution in [0.3, 0.4) is 0 Å². The van der Waals surface area contributed by atoms with Crippen LogP contribution in [0.4, 0.5) is 0 Å². The summed E-state index contributed by atoms with van der Waals surface area (Å²) in [6.45, 7) is 1.41. The van der Waals surface area contributed by atoms with Crippen molar-refractivity contribution in [3.63, 3.8) is 0 Å². The molecule has 5 heteroatoms. The Kier molecular flexibility index (Phi) is 4.19. The van der Waals surface area contributed by atoms with Crippen LogP contribution in [0.5, 0.6) is 5.75 Å². The van der Waals surface area contributed by atoms with E-state index in [4.69, 9.17) is 2.64 Å². The van der Waals surface area contributed by atoms with E-state index in [2.05, 4.69) is 15.9 Å². The van der Waals surface area contributed by atoms with Gasteiger partial charge in [-0.3, -0.25) is 0 Å². The molecule has 0 heterocycles. The summed E-state index contributed by atoms with van der Waals surface area (Å²) in [6.07, 6.45) is 0. The van der Waals surface area contributed by atoms with Crippen LogP contribution in [0, 0.1) is 0 Å². The molecule has 13 heavy (non-hydrogen) atoms. The van der Waals surface area contributed by atoms with Gasteiger partial charge in [0.1, 0.15) is 0 Å². The molecule has 0 radical (unpaired) electrons. The van der Waals surface area contributed by atoms with Gasteiger partial charge in [-0.2, -0.15) is 0 Å². The number of hydrogen-bond acceptors (Lipinski definition) is 3. The van der Waals surface area contributed by atoms with E-state index in [1.807, 2.05) is 0 Å². The van der Waals surface area contributed by atoms with Crippen LogP contribution in [0.2, 0.25) is 0 Å². The molecule has 0 aliphatic carbocycles. The average molecular weight is 432 g/mol. The van der Waals surface area contributed by atoms with Gasteiger partial charge in [-0.25, -0.2) is 0 Å². The number of rotatable bonds is 2. The van der Waals surface area contributed by atoms with Gasteiger partial charge in [-0.15, -0.1) is 0 Å². The second-order valence-corrected chi connectivity index (χ2v) is 8.84. The van der Waals surface area contributed by atoms with Gasteiger partial charge in [0, 0.05) is 0 Å². The Balaban J connectivity index is 2.68. The van der Waals surface area contributed by atoms with Crippen LogP contribution in [0.15, 0.2) is 22.7 Å². The number of carbonyl (C=O) groups excluding carboxylic acids is 1. The molecule has 0 aromatic heterocycles. The molecule has 0 amide bonds. The Labute approximate surface area is 97.3 Å². The monoisotopic (exact) mass is 432 g/mol. The van der Waals surface area contributed by atoms with Gasteiger partial charge >= 0.3 is 97.9 Å². The van der Waals surface area contributed by atoms with Gasteiger partial charge in [0.25, 0.3) is 0 Å². The third kappa shape index (κ3) is 3.64. The van der Waals surface area contributed by atoms with E-state index in [1.54, 1.807) is 18.2 Å². The van der Waals surface area contributed by atoms with Crippen molar-refractivity contribution in [2.24, 2.45) is 0 Å². The van der Waals surface area contributed by atoms with Crippen molar-refractivity contribution < 1.29 is 37.6 Å². The average Bonchev–Trinajstić information content (AvgIpc) is 2.07. The van der Waals surface area contributed by atoms with Crippen LogP contribution >= 0.6 is 15.9 Å². The quantitative estimate of drug-likeness (QED) is 0.719.